The van der Waals surface area contributed by atoms with Crippen molar-refractivity contribution in [3.05, 3.63) is 34.9 Å². The number of hydrogen-bond acceptors (Lipinski definition) is 6. The van der Waals surface area contributed by atoms with Gasteiger partial charge >= 0.3 is 5.69 Å². The van der Waals surface area contributed by atoms with Gasteiger partial charge in [0.1, 0.15) is 12.0 Å². The second-order valence-electron chi connectivity index (χ2n) is 6.59. The van der Waals surface area contributed by atoms with E-state index in [1.807, 2.05) is 0 Å². The van der Waals surface area contributed by atoms with Crippen LogP contribution in [0.5, 0.6) is 5.88 Å². The molecule has 3 heterocycles. The third-order valence-electron chi connectivity index (χ3n) is 4.73. The molecular formula is C16H20N6O3. The molecule has 2 aromatic heterocycles. The molecule has 0 unspecified atom stereocenters. The number of H-pyrrole nitrogens is 1. The van der Waals surface area contributed by atoms with Crippen molar-refractivity contribution in [2.75, 3.05) is 19.7 Å². The number of hydrogen-bond donors (Lipinski definition) is 1. The van der Waals surface area contributed by atoms with E-state index in [-0.39, 0.29) is 17.6 Å². The largest absolute Gasteiger partial charge is 0.476 e. The second kappa shape index (κ2) is 6.66. The lowest BCUT2D eigenvalue weighted by Gasteiger charge is -2.31. The Kier molecular flexibility index (Phi) is 4.21. The monoisotopic (exact) mass is 344 g/mol. The molecule has 9 nitrogen and oxygen atoms in total. The third kappa shape index (κ3) is 3.54. The minimum absolute atomic E-state index is 0.0691. The number of nitrogens with zero attached hydrogens (tertiary/aromatic N) is 5. The van der Waals surface area contributed by atoms with Crippen LogP contribution in [0.3, 0.4) is 0 Å². The standard InChI is InChI=1S/C16H20N6O3/c23-15(13-7-18-14(8-17-13)25-9-11-1-2-11)21-5-3-12(4-6-21)22-10-19-20-16(22)24/h7-8,10-12H,1-6,9H2,(H,20,24). The predicted octanol–water partition coefficient (Wildman–Crippen LogP) is 0.628. The number of aromatic nitrogens is 5. The van der Waals surface area contributed by atoms with Gasteiger partial charge in [0.25, 0.3) is 5.91 Å². The van der Waals surface area contributed by atoms with E-state index in [0.717, 1.165) is 0 Å². The Morgan fingerprint density at radius 2 is 2.00 bits per heavy atom. The summed E-state index contributed by atoms with van der Waals surface area (Å²) in [7, 11) is 0. The quantitative estimate of drug-likeness (QED) is 0.852. The average Bonchev–Trinajstić information content (AvgIpc) is 3.39. The van der Waals surface area contributed by atoms with Crippen molar-refractivity contribution in [1.82, 2.24) is 29.6 Å². The van der Waals surface area contributed by atoms with Crippen molar-refractivity contribution < 1.29 is 9.53 Å². The average molecular weight is 344 g/mol. The van der Waals surface area contributed by atoms with Gasteiger partial charge in [-0.3, -0.25) is 9.36 Å². The van der Waals surface area contributed by atoms with Gasteiger partial charge in [-0.15, -0.1) is 0 Å². The molecule has 1 saturated heterocycles. The van der Waals surface area contributed by atoms with Crippen LogP contribution in [0.25, 0.3) is 0 Å². The first kappa shape index (κ1) is 15.8. The Labute approximate surface area is 144 Å². The lowest BCUT2D eigenvalue weighted by Crippen LogP contribution is -2.40. The maximum atomic E-state index is 12.5. The fraction of sp³-hybridized carbons (Fsp3) is 0.562. The van der Waals surface area contributed by atoms with E-state index < -0.39 is 0 Å². The van der Waals surface area contributed by atoms with E-state index in [2.05, 4.69) is 20.2 Å². The molecule has 1 amide bonds. The Morgan fingerprint density at radius 1 is 1.20 bits per heavy atom. The van der Waals surface area contributed by atoms with Crippen LogP contribution >= 0.6 is 0 Å². The first-order valence-corrected chi connectivity index (χ1v) is 8.56. The molecular weight excluding hydrogens is 324 g/mol. The van der Waals surface area contributed by atoms with Crippen LogP contribution in [0.4, 0.5) is 0 Å². The summed E-state index contributed by atoms with van der Waals surface area (Å²) in [4.78, 5) is 34.3. The highest BCUT2D eigenvalue weighted by atomic mass is 16.5. The van der Waals surface area contributed by atoms with Gasteiger partial charge in [0, 0.05) is 19.1 Å². The zero-order valence-electron chi connectivity index (χ0n) is 13.8. The van der Waals surface area contributed by atoms with Gasteiger partial charge in [-0.2, -0.15) is 5.10 Å². The Morgan fingerprint density at radius 3 is 2.60 bits per heavy atom. The lowest BCUT2D eigenvalue weighted by atomic mass is 10.0. The summed E-state index contributed by atoms with van der Waals surface area (Å²) in [5.41, 5.74) is 0.107. The minimum atomic E-state index is -0.211. The number of ether oxygens (including phenoxy) is 1. The molecule has 0 aromatic carbocycles. The van der Waals surface area contributed by atoms with Crippen molar-refractivity contribution in [3.8, 4) is 5.88 Å². The zero-order valence-corrected chi connectivity index (χ0v) is 13.8. The molecule has 0 bridgehead atoms. The summed E-state index contributed by atoms with van der Waals surface area (Å²) in [5.74, 6) is 0.966. The normalized spacial score (nSPS) is 18.3. The van der Waals surface area contributed by atoms with E-state index in [0.29, 0.717) is 50.0 Å². The third-order valence-corrected chi connectivity index (χ3v) is 4.73. The molecule has 1 saturated carbocycles. The second-order valence-corrected chi connectivity index (χ2v) is 6.59. The molecule has 2 fully saturated rings. The molecule has 2 aromatic rings. The van der Waals surface area contributed by atoms with E-state index in [1.54, 1.807) is 9.47 Å². The van der Waals surface area contributed by atoms with Crippen LogP contribution in [-0.2, 0) is 0 Å². The SMILES string of the molecule is O=C(c1cnc(OCC2CC2)cn1)N1CCC(n2cn[nH]c2=O)CC1. The van der Waals surface area contributed by atoms with Gasteiger partial charge in [-0.05, 0) is 31.6 Å². The van der Waals surface area contributed by atoms with Crippen molar-refractivity contribution in [2.24, 2.45) is 5.92 Å². The van der Waals surface area contributed by atoms with Crippen molar-refractivity contribution >= 4 is 5.91 Å². The fourth-order valence-electron chi connectivity index (χ4n) is 3.01. The highest BCUT2D eigenvalue weighted by Gasteiger charge is 2.26. The van der Waals surface area contributed by atoms with Crippen LogP contribution in [0, 0.1) is 5.92 Å². The zero-order chi connectivity index (χ0) is 17.2. The number of piperidine rings is 1. The highest BCUT2D eigenvalue weighted by Crippen LogP contribution is 2.29. The summed E-state index contributed by atoms with van der Waals surface area (Å²) in [5, 5.41) is 6.15. The molecule has 1 aliphatic heterocycles. The molecule has 1 aliphatic carbocycles. The Balaban J connectivity index is 1.33. The fourth-order valence-corrected chi connectivity index (χ4v) is 3.01. The van der Waals surface area contributed by atoms with Gasteiger partial charge in [0.05, 0.1) is 19.0 Å². The van der Waals surface area contributed by atoms with E-state index >= 15 is 0 Å². The van der Waals surface area contributed by atoms with Gasteiger partial charge in [0.15, 0.2) is 0 Å². The number of carbonyl (C=O) groups is 1. The van der Waals surface area contributed by atoms with Crippen LogP contribution in [0.2, 0.25) is 0 Å². The molecule has 25 heavy (non-hydrogen) atoms. The maximum Gasteiger partial charge on any atom is 0.343 e. The van der Waals surface area contributed by atoms with E-state index in [1.165, 1.54) is 31.6 Å². The summed E-state index contributed by atoms with van der Waals surface area (Å²) in [6.45, 7) is 1.81. The Hall–Kier alpha value is -2.71. The van der Waals surface area contributed by atoms with Crippen LogP contribution in [0.15, 0.2) is 23.5 Å². The van der Waals surface area contributed by atoms with Crippen molar-refractivity contribution in [1.29, 1.82) is 0 Å². The van der Waals surface area contributed by atoms with Gasteiger partial charge in [-0.25, -0.2) is 19.9 Å². The summed E-state index contributed by atoms with van der Waals surface area (Å²) < 4.78 is 7.13. The number of amides is 1. The van der Waals surface area contributed by atoms with Gasteiger partial charge in [0.2, 0.25) is 5.88 Å². The Bertz CT molecular complexity index is 787. The number of aromatic amines is 1. The van der Waals surface area contributed by atoms with Crippen molar-refractivity contribution in [2.45, 2.75) is 31.7 Å². The van der Waals surface area contributed by atoms with E-state index in [9.17, 15) is 9.59 Å². The maximum absolute atomic E-state index is 12.5. The summed E-state index contributed by atoms with van der Waals surface area (Å²) >= 11 is 0. The number of likely N-dealkylation sites (tertiary alicyclic amines) is 1. The first-order valence-electron chi connectivity index (χ1n) is 8.56. The molecule has 4 rings (SSSR count). The van der Waals surface area contributed by atoms with E-state index in [4.69, 9.17) is 4.74 Å². The molecule has 0 radical (unpaired) electrons. The summed E-state index contributed by atoms with van der Waals surface area (Å²) in [6, 6.07) is 0.0691. The topological polar surface area (TPSA) is 106 Å². The molecule has 132 valence electrons. The first-order chi connectivity index (χ1) is 12.2. The van der Waals surface area contributed by atoms with Crippen LogP contribution in [0.1, 0.15) is 42.2 Å². The minimum Gasteiger partial charge on any atom is -0.476 e. The van der Waals surface area contributed by atoms with Crippen LogP contribution < -0.4 is 10.4 Å². The molecule has 9 heteroatoms. The van der Waals surface area contributed by atoms with Crippen molar-refractivity contribution in [3.63, 3.8) is 0 Å². The summed E-state index contributed by atoms with van der Waals surface area (Å²) in [6.07, 6.45) is 8.33. The predicted molar refractivity (Wildman–Crippen MR) is 87.3 cm³/mol. The number of nitrogens with one attached hydrogen (secondary N) is 1. The molecule has 2 aliphatic rings. The smallest absolute Gasteiger partial charge is 0.343 e. The molecule has 0 spiro atoms. The molecule has 1 N–H and O–H groups in total. The molecule has 0 atom stereocenters. The highest BCUT2D eigenvalue weighted by molar-refractivity contribution is 5.92. The van der Waals surface area contributed by atoms with Gasteiger partial charge < -0.3 is 9.64 Å². The number of rotatable bonds is 5. The number of carbonyl (C=O) groups excluding carboxylic acids is 1. The lowest BCUT2D eigenvalue weighted by molar-refractivity contribution is 0.0687. The van der Waals surface area contributed by atoms with Gasteiger partial charge in [-0.1, -0.05) is 0 Å². The van der Waals surface area contributed by atoms with Crippen LogP contribution in [-0.4, -0.2) is 55.2 Å².